The van der Waals surface area contributed by atoms with Gasteiger partial charge in [-0.2, -0.15) is 0 Å². The van der Waals surface area contributed by atoms with Gasteiger partial charge in [0.05, 0.1) is 12.7 Å². The Morgan fingerprint density at radius 1 is 1.18 bits per heavy atom. The third-order valence-corrected chi connectivity index (χ3v) is 4.38. The average molecular weight is 240 g/mol. The van der Waals surface area contributed by atoms with Crippen LogP contribution in [0.3, 0.4) is 0 Å². The molecule has 2 fully saturated rings. The fraction of sp³-hybridized carbons (Fsp3) is 1.00. The van der Waals surface area contributed by atoms with E-state index in [-0.39, 0.29) is 0 Å². The number of ether oxygens (including phenoxy) is 1. The highest BCUT2D eigenvalue weighted by atomic mass is 16.5. The van der Waals surface area contributed by atoms with Gasteiger partial charge in [0, 0.05) is 19.6 Å². The minimum Gasteiger partial charge on any atom is -0.374 e. The topological polar surface area (TPSA) is 15.7 Å². The molecule has 3 nitrogen and oxygen atoms in total. The number of likely N-dealkylation sites (N-methyl/N-ethyl adjacent to an activating group) is 1. The molecule has 0 bridgehead atoms. The minimum absolute atomic E-state index is 0.435. The van der Waals surface area contributed by atoms with Crippen molar-refractivity contribution in [3.8, 4) is 0 Å². The lowest BCUT2D eigenvalue weighted by molar-refractivity contribution is -0.0401. The van der Waals surface area contributed by atoms with Crippen molar-refractivity contribution in [2.75, 3.05) is 46.4 Å². The highest BCUT2D eigenvalue weighted by Gasteiger charge is 2.25. The summed E-state index contributed by atoms with van der Waals surface area (Å²) in [5.74, 6) is 1.80. The van der Waals surface area contributed by atoms with Gasteiger partial charge >= 0.3 is 0 Å². The molecule has 0 N–H and O–H groups in total. The van der Waals surface area contributed by atoms with E-state index in [1.165, 1.54) is 25.9 Å². The number of rotatable bonds is 3. The van der Waals surface area contributed by atoms with Crippen molar-refractivity contribution in [2.45, 2.75) is 32.8 Å². The van der Waals surface area contributed by atoms with Gasteiger partial charge in [-0.15, -0.1) is 0 Å². The molecule has 2 aliphatic heterocycles. The van der Waals surface area contributed by atoms with Gasteiger partial charge < -0.3 is 14.5 Å². The van der Waals surface area contributed by atoms with E-state index in [9.17, 15) is 0 Å². The molecule has 0 saturated carbocycles. The van der Waals surface area contributed by atoms with Gasteiger partial charge in [-0.25, -0.2) is 0 Å². The zero-order valence-corrected chi connectivity index (χ0v) is 11.7. The molecule has 2 rings (SSSR count). The van der Waals surface area contributed by atoms with E-state index in [2.05, 4.69) is 30.7 Å². The Balaban J connectivity index is 1.70. The van der Waals surface area contributed by atoms with Crippen LogP contribution in [0.1, 0.15) is 26.7 Å². The van der Waals surface area contributed by atoms with E-state index in [0.717, 1.165) is 38.1 Å². The maximum Gasteiger partial charge on any atom is 0.0829 e. The first-order chi connectivity index (χ1) is 8.15. The summed E-state index contributed by atoms with van der Waals surface area (Å²) in [6, 6.07) is 0. The summed E-state index contributed by atoms with van der Waals surface area (Å²) in [5, 5.41) is 0. The van der Waals surface area contributed by atoms with Crippen LogP contribution < -0.4 is 0 Å². The van der Waals surface area contributed by atoms with Crippen LogP contribution in [-0.4, -0.2) is 62.3 Å². The Labute approximate surface area is 106 Å². The second-order valence-electron chi connectivity index (χ2n) is 6.14. The second-order valence-corrected chi connectivity index (χ2v) is 6.14. The van der Waals surface area contributed by atoms with Crippen LogP contribution in [0, 0.1) is 11.8 Å². The average Bonchev–Trinajstić information content (AvgIpc) is 2.29. The van der Waals surface area contributed by atoms with Crippen LogP contribution in [0.25, 0.3) is 0 Å². The fourth-order valence-corrected chi connectivity index (χ4v) is 3.07. The SMILES string of the molecule is CC(C)C1CCN(C[C@@H]2CN(C)CCO2)CC1. The van der Waals surface area contributed by atoms with Crippen LogP contribution in [0.5, 0.6) is 0 Å². The van der Waals surface area contributed by atoms with E-state index in [1.54, 1.807) is 0 Å². The molecule has 1 atom stereocenters. The molecule has 0 aliphatic carbocycles. The Morgan fingerprint density at radius 3 is 2.47 bits per heavy atom. The summed E-state index contributed by atoms with van der Waals surface area (Å²) in [6.07, 6.45) is 3.19. The molecule has 0 aromatic carbocycles. The van der Waals surface area contributed by atoms with Gasteiger partial charge in [0.2, 0.25) is 0 Å². The quantitative estimate of drug-likeness (QED) is 0.746. The Morgan fingerprint density at radius 2 is 1.88 bits per heavy atom. The standard InChI is InChI=1S/C14H28N2O/c1-12(2)13-4-6-16(7-5-13)11-14-10-15(3)8-9-17-14/h12-14H,4-11H2,1-3H3/t14-/m0/s1. The fourth-order valence-electron chi connectivity index (χ4n) is 3.07. The zero-order chi connectivity index (χ0) is 12.3. The third-order valence-electron chi connectivity index (χ3n) is 4.38. The summed E-state index contributed by atoms with van der Waals surface area (Å²) in [4.78, 5) is 4.98. The molecule has 0 aromatic rings. The lowest BCUT2D eigenvalue weighted by atomic mass is 9.86. The maximum atomic E-state index is 5.84. The van der Waals surface area contributed by atoms with Gasteiger partial charge in [-0.3, -0.25) is 0 Å². The van der Waals surface area contributed by atoms with Crippen LogP contribution in [0.4, 0.5) is 0 Å². The first-order valence-electron chi connectivity index (χ1n) is 7.17. The summed E-state index contributed by atoms with van der Waals surface area (Å²) in [6.45, 7) is 11.5. The molecule has 2 saturated heterocycles. The highest BCUT2D eigenvalue weighted by molar-refractivity contribution is 4.78. The molecular formula is C14H28N2O. The first kappa shape index (κ1) is 13.3. The zero-order valence-electron chi connectivity index (χ0n) is 11.7. The predicted molar refractivity (Wildman–Crippen MR) is 71.2 cm³/mol. The molecule has 0 amide bonds. The number of hydrogen-bond acceptors (Lipinski definition) is 3. The third kappa shape index (κ3) is 3.94. The second kappa shape index (κ2) is 6.17. The minimum atomic E-state index is 0.435. The predicted octanol–water partition coefficient (Wildman–Crippen LogP) is 1.69. The number of nitrogens with zero attached hydrogens (tertiary/aromatic N) is 2. The number of morpholine rings is 1. The summed E-state index contributed by atoms with van der Waals surface area (Å²) in [7, 11) is 2.19. The monoisotopic (exact) mass is 240 g/mol. The molecule has 0 aromatic heterocycles. The molecular weight excluding hydrogens is 212 g/mol. The van der Waals surface area contributed by atoms with E-state index < -0.39 is 0 Å². The molecule has 0 radical (unpaired) electrons. The molecule has 2 heterocycles. The number of likely N-dealkylation sites (tertiary alicyclic amines) is 1. The van der Waals surface area contributed by atoms with Crippen molar-refractivity contribution >= 4 is 0 Å². The van der Waals surface area contributed by atoms with Crippen LogP contribution in [0.15, 0.2) is 0 Å². The van der Waals surface area contributed by atoms with Crippen molar-refractivity contribution in [3.05, 3.63) is 0 Å². The van der Waals surface area contributed by atoms with Crippen molar-refractivity contribution in [1.82, 2.24) is 9.80 Å². The van der Waals surface area contributed by atoms with Crippen molar-refractivity contribution in [1.29, 1.82) is 0 Å². The van der Waals surface area contributed by atoms with E-state index in [1.807, 2.05) is 0 Å². The molecule has 0 spiro atoms. The van der Waals surface area contributed by atoms with Gasteiger partial charge in [0.15, 0.2) is 0 Å². The first-order valence-corrected chi connectivity index (χ1v) is 7.17. The summed E-state index contributed by atoms with van der Waals surface area (Å²) in [5.41, 5.74) is 0. The Hall–Kier alpha value is -0.120. The largest absolute Gasteiger partial charge is 0.374 e. The summed E-state index contributed by atoms with van der Waals surface area (Å²) >= 11 is 0. The molecule has 100 valence electrons. The number of hydrogen-bond donors (Lipinski definition) is 0. The lowest BCUT2D eigenvalue weighted by Crippen LogP contribution is -2.47. The van der Waals surface area contributed by atoms with Gasteiger partial charge in [-0.1, -0.05) is 13.8 Å². The smallest absolute Gasteiger partial charge is 0.0829 e. The van der Waals surface area contributed by atoms with Crippen molar-refractivity contribution in [3.63, 3.8) is 0 Å². The van der Waals surface area contributed by atoms with Gasteiger partial charge in [0.25, 0.3) is 0 Å². The van der Waals surface area contributed by atoms with Crippen molar-refractivity contribution < 1.29 is 4.74 Å². The molecule has 0 unspecified atom stereocenters. The van der Waals surface area contributed by atoms with E-state index >= 15 is 0 Å². The van der Waals surface area contributed by atoms with Crippen LogP contribution in [0.2, 0.25) is 0 Å². The van der Waals surface area contributed by atoms with Gasteiger partial charge in [-0.05, 0) is 44.8 Å². The van der Waals surface area contributed by atoms with Crippen LogP contribution >= 0.6 is 0 Å². The molecule has 3 heteroatoms. The highest BCUT2D eigenvalue weighted by Crippen LogP contribution is 2.24. The summed E-state index contributed by atoms with van der Waals surface area (Å²) < 4.78 is 5.84. The Kier molecular flexibility index (Phi) is 4.83. The molecule has 17 heavy (non-hydrogen) atoms. The van der Waals surface area contributed by atoms with E-state index in [4.69, 9.17) is 4.74 Å². The Bertz CT molecular complexity index is 224. The van der Waals surface area contributed by atoms with Crippen LogP contribution in [-0.2, 0) is 4.74 Å². The van der Waals surface area contributed by atoms with Crippen molar-refractivity contribution in [2.24, 2.45) is 11.8 Å². The maximum absolute atomic E-state index is 5.84. The number of piperidine rings is 1. The van der Waals surface area contributed by atoms with E-state index in [0.29, 0.717) is 6.10 Å². The normalized spacial score (nSPS) is 30.0. The van der Waals surface area contributed by atoms with Gasteiger partial charge in [0.1, 0.15) is 0 Å². The lowest BCUT2D eigenvalue weighted by Gasteiger charge is -2.38. The molecule has 2 aliphatic rings.